The fourth-order valence-electron chi connectivity index (χ4n) is 1.11. The third-order valence-electron chi connectivity index (χ3n) is 1.57. The zero-order chi connectivity index (χ0) is 9.30. The number of nitrogens with one attached hydrogen (secondary N) is 1. The molecule has 1 aromatic rings. The molecule has 0 saturated carbocycles. The second-order valence-corrected chi connectivity index (χ2v) is 3.06. The van der Waals surface area contributed by atoms with Gasteiger partial charge in [0.25, 0.3) is 0 Å². The lowest BCUT2D eigenvalue weighted by molar-refractivity contribution is 0.0695. The van der Waals surface area contributed by atoms with Crippen LogP contribution in [0.25, 0.3) is 0 Å². The van der Waals surface area contributed by atoms with Crippen molar-refractivity contribution < 1.29 is 9.90 Å². The molecular weight excluding hydrogens is 174 g/mol. The number of aryl methyl sites for hydroxylation is 2. The number of aromatic amines is 1. The van der Waals surface area contributed by atoms with Gasteiger partial charge in [-0.15, -0.1) is 0 Å². The van der Waals surface area contributed by atoms with Crippen molar-refractivity contribution in [2.75, 3.05) is 0 Å². The van der Waals surface area contributed by atoms with Crippen LogP contribution in [0.3, 0.4) is 0 Å². The van der Waals surface area contributed by atoms with E-state index in [9.17, 15) is 4.79 Å². The van der Waals surface area contributed by atoms with Gasteiger partial charge in [-0.05, 0) is 19.9 Å². The molecule has 1 aromatic heterocycles. The van der Waals surface area contributed by atoms with E-state index >= 15 is 0 Å². The molecule has 0 unspecified atom stereocenters. The molecule has 2 N–H and O–H groups in total. The number of pyridine rings is 1. The first-order valence-corrected chi connectivity index (χ1v) is 3.87. The van der Waals surface area contributed by atoms with Crippen LogP contribution >= 0.6 is 12.2 Å². The normalized spacial score (nSPS) is 9.83. The Morgan fingerprint density at radius 1 is 1.58 bits per heavy atom. The van der Waals surface area contributed by atoms with Crippen LogP contribution in [0.2, 0.25) is 0 Å². The number of carboxylic acid groups (broad SMARTS) is 1. The molecule has 0 amide bonds. The van der Waals surface area contributed by atoms with Crippen LogP contribution in [0.4, 0.5) is 0 Å². The SMILES string of the molecule is Cc1cc(=S)c(C(=O)O)c(C)[nH]1. The monoisotopic (exact) mass is 183 g/mol. The van der Waals surface area contributed by atoms with Crippen LogP contribution in [0.1, 0.15) is 21.7 Å². The summed E-state index contributed by atoms with van der Waals surface area (Å²) >= 11 is 4.90. The largest absolute Gasteiger partial charge is 0.478 e. The summed E-state index contributed by atoms with van der Waals surface area (Å²) in [5.41, 5.74) is 1.67. The summed E-state index contributed by atoms with van der Waals surface area (Å²) in [6, 6.07) is 1.64. The Hall–Kier alpha value is -1.16. The standard InChI is InChI=1S/C8H9NO2S/c1-4-3-6(12)7(8(10)11)5(2)9-4/h3H,1-2H3,(H,9,12)(H,10,11). The number of aromatic carboxylic acids is 1. The van der Waals surface area contributed by atoms with E-state index in [0.717, 1.165) is 5.69 Å². The minimum atomic E-state index is -0.978. The van der Waals surface area contributed by atoms with Gasteiger partial charge in [-0.3, -0.25) is 0 Å². The number of carbonyl (C=O) groups is 1. The van der Waals surface area contributed by atoms with Gasteiger partial charge in [-0.1, -0.05) is 12.2 Å². The molecule has 0 aliphatic heterocycles. The Morgan fingerprint density at radius 2 is 2.17 bits per heavy atom. The van der Waals surface area contributed by atoms with Gasteiger partial charge < -0.3 is 10.1 Å². The molecular formula is C8H9NO2S. The van der Waals surface area contributed by atoms with Gasteiger partial charge in [0.15, 0.2) is 0 Å². The number of hydrogen-bond acceptors (Lipinski definition) is 2. The van der Waals surface area contributed by atoms with Crippen molar-refractivity contribution in [2.45, 2.75) is 13.8 Å². The minimum Gasteiger partial charge on any atom is -0.478 e. The van der Waals surface area contributed by atoms with E-state index in [2.05, 4.69) is 4.98 Å². The van der Waals surface area contributed by atoms with Crippen molar-refractivity contribution >= 4 is 18.2 Å². The Morgan fingerprint density at radius 3 is 2.58 bits per heavy atom. The van der Waals surface area contributed by atoms with Crippen LogP contribution in [0.5, 0.6) is 0 Å². The number of carboxylic acids is 1. The van der Waals surface area contributed by atoms with Gasteiger partial charge in [0, 0.05) is 11.4 Å². The lowest BCUT2D eigenvalue weighted by atomic mass is 10.2. The minimum absolute atomic E-state index is 0.190. The Kier molecular flexibility index (Phi) is 2.28. The lowest BCUT2D eigenvalue weighted by Crippen LogP contribution is -2.03. The van der Waals surface area contributed by atoms with Crippen LogP contribution < -0.4 is 0 Å². The van der Waals surface area contributed by atoms with Crippen LogP contribution in [-0.2, 0) is 0 Å². The van der Waals surface area contributed by atoms with E-state index in [1.54, 1.807) is 13.0 Å². The van der Waals surface area contributed by atoms with Crippen molar-refractivity contribution in [2.24, 2.45) is 0 Å². The van der Waals surface area contributed by atoms with Crippen molar-refractivity contribution in [3.63, 3.8) is 0 Å². The van der Waals surface area contributed by atoms with Crippen molar-refractivity contribution in [1.82, 2.24) is 4.98 Å². The van der Waals surface area contributed by atoms with Crippen molar-refractivity contribution in [1.29, 1.82) is 0 Å². The molecule has 0 atom stereocenters. The van der Waals surface area contributed by atoms with E-state index in [0.29, 0.717) is 10.2 Å². The average molecular weight is 183 g/mol. The highest BCUT2D eigenvalue weighted by Gasteiger charge is 2.09. The van der Waals surface area contributed by atoms with E-state index in [4.69, 9.17) is 17.3 Å². The summed E-state index contributed by atoms with van der Waals surface area (Å²) in [4.78, 5) is 13.6. The molecule has 0 radical (unpaired) electrons. The molecule has 1 rings (SSSR count). The summed E-state index contributed by atoms with van der Waals surface area (Å²) in [6.45, 7) is 3.54. The molecule has 0 aromatic carbocycles. The lowest BCUT2D eigenvalue weighted by Gasteiger charge is -2.02. The first kappa shape index (κ1) is 8.93. The van der Waals surface area contributed by atoms with E-state index in [-0.39, 0.29) is 5.56 Å². The number of hydrogen-bond donors (Lipinski definition) is 2. The van der Waals surface area contributed by atoms with Crippen molar-refractivity contribution in [3.05, 3.63) is 27.5 Å². The van der Waals surface area contributed by atoms with E-state index in [1.807, 2.05) is 6.92 Å². The van der Waals surface area contributed by atoms with Gasteiger partial charge in [0.2, 0.25) is 0 Å². The summed E-state index contributed by atoms with van der Waals surface area (Å²) in [5.74, 6) is -0.978. The molecule has 0 aliphatic carbocycles. The molecule has 12 heavy (non-hydrogen) atoms. The predicted octanol–water partition coefficient (Wildman–Crippen LogP) is 2.06. The smallest absolute Gasteiger partial charge is 0.338 e. The highest BCUT2D eigenvalue weighted by Crippen LogP contribution is 2.08. The van der Waals surface area contributed by atoms with Crippen LogP contribution in [-0.4, -0.2) is 16.1 Å². The second kappa shape index (κ2) is 3.06. The highest BCUT2D eigenvalue weighted by atomic mass is 32.1. The number of aromatic nitrogens is 1. The highest BCUT2D eigenvalue weighted by molar-refractivity contribution is 7.71. The Labute approximate surface area is 75.1 Å². The van der Waals surface area contributed by atoms with Crippen LogP contribution in [0.15, 0.2) is 6.07 Å². The molecule has 3 nitrogen and oxygen atoms in total. The average Bonchev–Trinajstić information content (AvgIpc) is 1.82. The van der Waals surface area contributed by atoms with Crippen molar-refractivity contribution in [3.8, 4) is 0 Å². The maximum Gasteiger partial charge on any atom is 0.338 e. The maximum absolute atomic E-state index is 10.7. The van der Waals surface area contributed by atoms with E-state index < -0.39 is 5.97 Å². The summed E-state index contributed by atoms with van der Waals surface area (Å²) in [6.07, 6.45) is 0. The van der Waals surface area contributed by atoms with Gasteiger partial charge >= 0.3 is 5.97 Å². The summed E-state index contributed by atoms with van der Waals surface area (Å²) < 4.78 is 0.385. The fourth-order valence-corrected chi connectivity index (χ4v) is 1.53. The topological polar surface area (TPSA) is 53.1 Å². The number of rotatable bonds is 1. The molecule has 4 heteroatoms. The predicted molar refractivity (Wildman–Crippen MR) is 48.1 cm³/mol. The molecule has 0 aliphatic rings. The van der Waals surface area contributed by atoms with E-state index in [1.165, 1.54) is 0 Å². The first-order chi connectivity index (χ1) is 5.52. The summed E-state index contributed by atoms with van der Waals surface area (Å²) in [7, 11) is 0. The zero-order valence-corrected chi connectivity index (χ0v) is 7.66. The third-order valence-corrected chi connectivity index (χ3v) is 1.89. The second-order valence-electron chi connectivity index (χ2n) is 2.62. The Bertz CT molecular complexity index is 381. The maximum atomic E-state index is 10.7. The molecule has 0 saturated heterocycles. The fraction of sp³-hybridized carbons (Fsp3) is 0.250. The molecule has 0 bridgehead atoms. The quantitative estimate of drug-likeness (QED) is 0.655. The zero-order valence-electron chi connectivity index (χ0n) is 6.84. The van der Waals surface area contributed by atoms with Gasteiger partial charge in [-0.2, -0.15) is 0 Å². The molecule has 1 heterocycles. The van der Waals surface area contributed by atoms with Gasteiger partial charge in [0.1, 0.15) is 0 Å². The van der Waals surface area contributed by atoms with Gasteiger partial charge in [0.05, 0.1) is 10.1 Å². The summed E-state index contributed by atoms with van der Waals surface area (Å²) in [5, 5.41) is 8.75. The first-order valence-electron chi connectivity index (χ1n) is 3.46. The molecule has 0 spiro atoms. The molecule has 64 valence electrons. The number of H-pyrrole nitrogens is 1. The molecule has 0 fully saturated rings. The third kappa shape index (κ3) is 1.53. The van der Waals surface area contributed by atoms with Gasteiger partial charge in [-0.25, -0.2) is 4.79 Å². The van der Waals surface area contributed by atoms with Crippen LogP contribution in [0, 0.1) is 18.4 Å². The Balaban J connectivity index is 3.49.